The number of rotatable bonds is 4. The van der Waals surface area contributed by atoms with Crippen molar-refractivity contribution in [2.45, 2.75) is 58.3 Å². The highest BCUT2D eigenvalue weighted by Crippen LogP contribution is 2.54. The van der Waals surface area contributed by atoms with Crippen molar-refractivity contribution in [3.8, 4) is 5.75 Å². The van der Waals surface area contributed by atoms with E-state index in [0.717, 1.165) is 37.4 Å². The van der Waals surface area contributed by atoms with Crippen LogP contribution in [0.5, 0.6) is 5.75 Å². The monoisotopic (exact) mass is 272 g/mol. The van der Waals surface area contributed by atoms with Crippen LogP contribution < -0.4 is 4.74 Å². The van der Waals surface area contributed by atoms with E-state index in [-0.39, 0.29) is 11.4 Å². The van der Waals surface area contributed by atoms with Gasteiger partial charge in [0.25, 0.3) is 0 Å². The fourth-order valence-corrected chi connectivity index (χ4v) is 3.81. The molecule has 108 valence electrons. The van der Waals surface area contributed by atoms with Gasteiger partial charge in [-0.05, 0) is 68.1 Å². The standard InChI is InChI=1S/C18H24O2/c1-3-13(2)15-5-4-6-16(11-15)20-17(19)18-9-7-14(12-18)8-10-18/h4-6,11,13-14H,3,7-10,12H2,1-2H3. The molecule has 0 N–H and O–H groups in total. The Bertz CT molecular complexity index is 498. The summed E-state index contributed by atoms with van der Waals surface area (Å²) in [6.45, 7) is 4.39. The van der Waals surface area contributed by atoms with Crippen LogP contribution in [0.15, 0.2) is 24.3 Å². The minimum absolute atomic E-state index is 0.0128. The van der Waals surface area contributed by atoms with E-state index in [9.17, 15) is 4.79 Å². The van der Waals surface area contributed by atoms with Crippen molar-refractivity contribution >= 4 is 5.97 Å². The first-order valence-corrected chi connectivity index (χ1v) is 7.95. The van der Waals surface area contributed by atoms with Gasteiger partial charge in [-0.1, -0.05) is 26.0 Å². The maximum absolute atomic E-state index is 12.5. The van der Waals surface area contributed by atoms with Gasteiger partial charge < -0.3 is 4.74 Å². The first-order valence-electron chi connectivity index (χ1n) is 7.95. The fraction of sp³-hybridized carbons (Fsp3) is 0.611. The number of fused-ring (bicyclic) bond motifs is 2. The van der Waals surface area contributed by atoms with E-state index >= 15 is 0 Å². The second kappa shape index (κ2) is 5.23. The van der Waals surface area contributed by atoms with Gasteiger partial charge in [0.1, 0.15) is 5.75 Å². The first-order chi connectivity index (χ1) is 9.63. The zero-order valence-electron chi connectivity index (χ0n) is 12.5. The van der Waals surface area contributed by atoms with Gasteiger partial charge in [-0.25, -0.2) is 0 Å². The number of hydrogen-bond donors (Lipinski definition) is 0. The lowest BCUT2D eigenvalue weighted by Gasteiger charge is -2.24. The molecule has 0 aliphatic heterocycles. The fourth-order valence-electron chi connectivity index (χ4n) is 3.81. The molecule has 0 radical (unpaired) electrons. The van der Waals surface area contributed by atoms with E-state index in [1.165, 1.54) is 18.4 Å². The number of ether oxygens (including phenoxy) is 1. The van der Waals surface area contributed by atoms with Crippen LogP contribution in [0.1, 0.15) is 63.9 Å². The Morgan fingerprint density at radius 3 is 2.75 bits per heavy atom. The molecule has 2 bridgehead atoms. The summed E-state index contributed by atoms with van der Waals surface area (Å²) in [4.78, 5) is 12.5. The SMILES string of the molecule is CCC(C)c1cccc(OC(=O)C23CCC(CC2)C3)c1. The molecule has 0 aromatic heterocycles. The number of carbonyl (C=O) groups is 1. The molecule has 1 unspecified atom stereocenters. The van der Waals surface area contributed by atoms with Crippen LogP contribution in [0.4, 0.5) is 0 Å². The molecule has 2 saturated carbocycles. The molecule has 1 aromatic rings. The van der Waals surface area contributed by atoms with Gasteiger partial charge in [0.15, 0.2) is 0 Å². The van der Waals surface area contributed by atoms with Gasteiger partial charge in [-0.15, -0.1) is 0 Å². The average Bonchev–Trinajstić information content (AvgIpc) is 3.09. The van der Waals surface area contributed by atoms with Gasteiger partial charge in [-0.3, -0.25) is 4.79 Å². The van der Waals surface area contributed by atoms with E-state index in [1.807, 2.05) is 18.2 Å². The third-order valence-corrected chi connectivity index (χ3v) is 5.42. The highest BCUT2D eigenvalue weighted by Gasteiger charge is 2.51. The minimum Gasteiger partial charge on any atom is -0.426 e. The van der Waals surface area contributed by atoms with Gasteiger partial charge in [0.05, 0.1) is 5.41 Å². The highest BCUT2D eigenvalue weighted by atomic mass is 16.5. The molecule has 3 rings (SSSR count). The topological polar surface area (TPSA) is 26.3 Å². The molecule has 0 spiro atoms. The lowest BCUT2D eigenvalue weighted by atomic mass is 9.84. The third-order valence-electron chi connectivity index (χ3n) is 5.42. The molecular formula is C18H24O2. The number of benzene rings is 1. The minimum atomic E-state index is -0.156. The number of hydrogen-bond acceptors (Lipinski definition) is 2. The summed E-state index contributed by atoms with van der Waals surface area (Å²) >= 11 is 0. The molecule has 1 aromatic carbocycles. The lowest BCUT2D eigenvalue weighted by molar-refractivity contribution is -0.145. The quantitative estimate of drug-likeness (QED) is 0.587. The lowest BCUT2D eigenvalue weighted by Crippen LogP contribution is -2.30. The molecular weight excluding hydrogens is 248 g/mol. The second-order valence-corrected chi connectivity index (χ2v) is 6.70. The predicted molar refractivity (Wildman–Crippen MR) is 79.8 cm³/mol. The van der Waals surface area contributed by atoms with Crippen molar-refractivity contribution in [3.63, 3.8) is 0 Å². The molecule has 2 aliphatic rings. The summed E-state index contributed by atoms with van der Waals surface area (Å²) in [5, 5.41) is 0. The van der Waals surface area contributed by atoms with Crippen LogP contribution in [0.2, 0.25) is 0 Å². The Morgan fingerprint density at radius 2 is 2.15 bits per heavy atom. The van der Waals surface area contributed by atoms with Crippen LogP contribution >= 0.6 is 0 Å². The normalized spacial score (nSPS) is 29.4. The van der Waals surface area contributed by atoms with Gasteiger partial charge in [0.2, 0.25) is 0 Å². The smallest absolute Gasteiger partial charge is 0.317 e. The Morgan fingerprint density at radius 1 is 1.40 bits per heavy atom. The van der Waals surface area contributed by atoms with Crippen molar-refractivity contribution in [3.05, 3.63) is 29.8 Å². The largest absolute Gasteiger partial charge is 0.426 e. The van der Waals surface area contributed by atoms with Crippen LogP contribution in [0.25, 0.3) is 0 Å². The summed E-state index contributed by atoms with van der Waals surface area (Å²) in [7, 11) is 0. The van der Waals surface area contributed by atoms with Crippen molar-refractivity contribution in [1.82, 2.24) is 0 Å². The third kappa shape index (κ3) is 2.36. The number of esters is 1. The molecule has 2 fully saturated rings. The molecule has 2 heteroatoms. The predicted octanol–water partition coefficient (Wildman–Crippen LogP) is 4.69. The van der Waals surface area contributed by atoms with E-state index < -0.39 is 0 Å². The average molecular weight is 272 g/mol. The Balaban J connectivity index is 1.73. The van der Waals surface area contributed by atoms with E-state index in [2.05, 4.69) is 19.9 Å². The molecule has 0 amide bonds. The van der Waals surface area contributed by atoms with Crippen molar-refractivity contribution < 1.29 is 9.53 Å². The maximum atomic E-state index is 12.5. The molecule has 20 heavy (non-hydrogen) atoms. The summed E-state index contributed by atoms with van der Waals surface area (Å²) in [5.41, 5.74) is 1.10. The van der Waals surface area contributed by atoms with Crippen molar-refractivity contribution in [2.24, 2.45) is 11.3 Å². The van der Waals surface area contributed by atoms with Gasteiger partial charge in [0, 0.05) is 0 Å². The highest BCUT2D eigenvalue weighted by molar-refractivity contribution is 5.80. The molecule has 2 nitrogen and oxygen atoms in total. The van der Waals surface area contributed by atoms with Crippen LogP contribution in [-0.4, -0.2) is 5.97 Å². The van der Waals surface area contributed by atoms with E-state index in [1.54, 1.807) is 0 Å². The summed E-state index contributed by atoms with van der Waals surface area (Å²) in [6.07, 6.45) is 6.63. The summed E-state index contributed by atoms with van der Waals surface area (Å²) in [6, 6.07) is 8.05. The molecule has 0 heterocycles. The molecule has 2 aliphatic carbocycles. The Labute approximate surface area is 121 Å². The Hall–Kier alpha value is -1.31. The van der Waals surface area contributed by atoms with Crippen molar-refractivity contribution in [1.29, 1.82) is 0 Å². The van der Waals surface area contributed by atoms with Crippen molar-refractivity contribution in [2.75, 3.05) is 0 Å². The van der Waals surface area contributed by atoms with Gasteiger partial charge in [-0.2, -0.15) is 0 Å². The molecule has 0 saturated heterocycles. The molecule has 1 atom stereocenters. The van der Waals surface area contributed by atoms with E-state index in [0.29, 0.717) is 5.92 Å². The maximum Gasteiger partial charge on any atom is 0.317 e. The van der Waals surface area contributed by atoms with E-state index in [4.69, 9.17) is 4.74 Å². The summed E-state index contributed by atoms with van der Waals surface area (Å²) in [5.74, 6) is 2.01. The first kappa shape index (κ1) is 13.7. The van der Waals surface area contributed by atoms with Crippen LogP contribution in [0, 0.1) is 11.3 Å². The second-order valence-electron chi connectivity index (χ2n) is 6.70. The zero-order chi connectivity index (χ0) is 14.2. The van der Waals surface area contributed by atoms with Crippen LogP contribution in [0.3, 0.4) is 0 Å². The number of carbonyl (C=O) groups excluding carboxylic acids is 1. The zero-order valence-corrected chi connectivity index (χ0v) is 12.5. The van der Waals surface area contributed by atoms with Gasteiger partial charge >= 0.3 is 5.97 Å². The van der Waals surface area contributed by atoms with Crippen LogP contribution in [-0.2, 0) is 4.79 Å². The summed E-state index contributed by atoms with van der Waals surface area (Å²) < 4.78 is 5.72. The Kier molecular flexibility index (Phi) is 3.57.